The number of carbonyl (C=O) groups is 1. The molecule has 2 rings (SSSR count). The molecule has 1 aromatic heterocycles. The van der Waals surface area contributed by atoms with E-state index in [2.05, 4.69) is 0 Å². The van der Waals surface area contributed by atoms with Gasteiger partial charge in [-0.15, -0.1) is 0 Å². The van der Waals surface area contributed by atoms with Crippen LogP contribution in [0.3, 0.4) is 0 Å². The van der Waals surface area contributed by atoms with E-state index in [9.17, 15) is 4.79 Å². The van der Waals surface area contributed by atoms with Gasteiger partial charge in [0.15, 0.2) is 5.78 Å². The summed E-state index contributed by atoms with van der Waals surface area (Å²) in [5, 5.41) is 0.919. The maximum absolute atomic E-state index is 12.0. The Morgan fingerprint density at radius 2 is 2.13 bits per heavy atom. The fourth-order valence-electron chi connectivity index (χ4n) is 1.62. The van der Waals surface area contributed by atoms with Crippen molar-refractivity contribution in [2.45, 2.75) is 20.3 Å². The Morgan fingerprint density at radius 3 is 2.87 bits per heavy atom. The Hall–Kier alpha value is -1.57. The zero-order chi connectivity index (χ0) is 10.8. The Bertz CT molecular complexity index is 482. The third-order valence-corrected chi connectivity index (χ3v) is 2.81. The van der Waals surface area contributed by atoms with Crippen LogP contribution in [0.25, 0.3) is 11.0 Å². The van der Waals surface area contributed by atoms with Crippen molar-refractivity contribution < 1.29 is 9.21 Å². The average Bonchev–Trinajstić information content (AvgIpc) is 2.70. The fourth-order valence-corrected chi connectivity index (χ4v) is 1.62. The molecule has 0 aliphatic carbocycles. The highest BCUT2D eigenvalue weighted by atomic mass is 16.3. The van der Waals surface area contributed by atoms with E-state index in [-0.39, 0.29) is 11.7 Å². The van der Waals surface area contributed by atoms with Crippen LogP contribution in [0, 0.1) is 5.92 Å². The first kappa shape index (κ1) is 9.97. The molecule has 78 valence electrons. The van der Waals surface area contributed by atoms with Gasteiger partial charge in [0.05, 0.1) is 5.56 Å². The second-order valence-corrected chi connectivity index (χ2v) is 3.82. The van der Waals surface area contributed by atoms with Gasteiger partial charge in [-0.3, -0.25) is 4.79 Å². The van der Waals surface area contributed by atoms with Gasteiger partial charge >= 0.3 is 0 Å². The van der Waals surface area contributed by atoms with Crippen molar-refractivity contribution in [3.05, 3.63) is 36.1 Å². The van der Waals surface area contributed by atoms with E-state index in [0.29, 0.717) is 5.56 Å². The molecule has 1 aromatic carbocycles. The molecule has 0 aliphatic heterocycles. The molecule has 0 radical (unpaired) electrons. The summed E-state index contributed by atoms with van der Waals surface area (Å²) in [4.78, 5) is 12.0. The standard InChI is InChI=1S/C13H14O2/c1-3-9(2)13(14)11-8-15-12-7-5-4-6-10(11)12/h4-9H,3H2,1-2H3. The summed E-state index contributed by atoms with van der Waals surface area (Å²) < 4.78 is 5.34. The summed E-state index contributed by atoms with van der Waals surface area (Å²) in [7, 11) is 0. The molecule has 0 amide bonds. The molecule has 0 bridgehead atoms. The molecule has 0 fully saturated rings. The van der Waals surface area contributed by atoms with Crippen LogP contribution < -0.4 is 0 Å². The van der Waals surface area contributed by atoms with Crippen molar-refractivity contribution in [2.75, 3.05) is 0 Å². The Balaban J connectivity index is 2.48. The monoisotopic (exact) mass is 202 g/mol. The highest BCUT2D eigenvalue weighted by molar-refractivity contribution is 6.07. The van der Waals surface area contributed by atoms with Gasteiger partial charge in [0, 0.05) is 11.3 Å². The summed E-state index contributed by atoms with van der Waals surface area (Å²) in [6.45, 7) is 3.97. The Kier molecular flexibility index (Phi) is 2.58. The minimum Gasteiger partial charge on any atom is -0.464 e. The van der Waals surface area contributed by atoms with Gasteiger partial charge in [-0.05, 0) is 12.5 Å². The van der Waals surface area contributed by atoms with Gasteiger partial charge in [0.1, 0.15) is 11.8 Å². The van der Waals surface area contributed by atoms with Crippen LogP contribution >= 0.6 is 0 Å². The van der Waals surface area contributed by atoms with Crippen LogP contribution in [0.1, 0.15) is 30.6 Å². The molecule has 1 unspecified atom stereocenters. The topological polar surface area (TPSA) is 30.2 Å². The van der Waals surface area contributed by atoms with Gasteiger partial charge < -0.3 is 4.42 Å². The normalized spacial score (nSPS) is 12.9. The lowest BCUT2D eigenvalue weighted by atomic mass is 9.97. The first-order valence-corrected chi connectivity index (χ1v) is 5.24. The molecule has 2 heteroatoms. The van der Waals surface area contributed by atoms with Crippen LogP contribution in [0.5, 0.6) is 0 Å². The van der Waals surface area contributed by atoms with Gasteiger partial charge in [-0.2, -0.15) is 0 Å². The highest BCUT2D eigenvalue weighted by Crippen LogP contribution is 2.23. The van der Waals surface area contributed by atoms with E-state index < -0.39 is 0 Å². The zero-order valence-corrected chi connectivity index (χ0v) is 8.99. The molecule has 1 heterocycles. The molecule has 2 nitrogen and oxygen atoms in total. The number of Topliss-reactive ketones (excluding diaryl/α,β-unsaturated/α-hetero) is 1. The molecule has 0 aliphatic rings. The Labute approximate surface area is 88.9 Å². The predicted molar refractivity (Wildman–Crippen MR) is 60.0 cm³/mol. The SMILES string of the molecule is CCC(C)C(=O)c1coc2ccccc12. The van der Waals surface area contributed by atoms with Crippen molar-refractivity contribution in [3.63, 3.8) is 0 Å². The van der Waals surface area contributed by atoms with Crippen molar-refractivity contribution >= 4 is 16.8 Å². The first-order valence-electron chi connectivity index (χ1n) is 5.24. The van der Waals surface area contributed by atoms with Gasteiger partial charge in [-0.25, -0.2) is 0 Å². The third kappa shape index (κ3) is 1.67. The number of fused-ring (bicyclic) bond motifs is 1. The van der Waals surface area contributed by atoms with E-state index >= 15 is 0 Å². The maximum atomic E-state index is 12.0. The van der Waals surface area contributed by atoms with Crippen LogP contribution in [-0.4, -0.2) is 5.78 Å². The molecule has 1 atom stereocenters. The van der Waals surface area contributed by atoms with Crippen molar-refractivity contribution in [1.82, 2.24) is 0 Å². The molecular weight excluding hydrogens is 188 g/mol. The minimum atomic E-state index is 0.0611. The van der Waals surface area contributed by atoms with Gasteiger partial charge in [0.25, 0.3) is 0 Å². The number of carbonyl (C=O) groups excluding carboxylic acids is 1. The third-order valence-electron chi connectivity index (χ3n) is 2.81. The molecule has 0 saturated carbocycles. The molecule has 15 heavy (non-hydrogen) atoms. The van der Waals surface area contributed by atoms with E-state index in [1.165, 1.54) is 0 Å². The summed E-state index contributed by atoms with van der Waals surface area (Å²) in [5.41, 5.74) is 1.49. The molecule has 0 saturated heterocycles. The van der Waals surface area contributed by atoms with E-state index in [1.54, 1.807) is 6.26 Å². The Morgan fingerprint density at radius 1 is 1.40 bits per heavy atom. The van der Waals surface area contributed by atoms with Crippen molar-refractivity contribution in [2.24, 2.45) is 5.92 Å². The average molecular weight is 202 g/mol. The summed E-state index contributed by atoms with van der Waals surface area (Å²) >= 11 is 0. The number of para-hydroxylation sites is 1. The molecular formula is C13H14O2. The second kappa shape index (κ2) is 3.89. The highest BCUT2D eigenvalue weighted by Gasteiger charge is 2.17. The maximum Gasteiger partial charge on any atom is 0.169 e. The van der Waals surface area contributed by atoms with Crippen molar-refractivity contribution in [1.29, 1.82) is 0 Å². The summed E-state index contributed by atoms with van der Waals surface area (Å²) in [6, 6.07) is 7.63. The van der Waals surface area contributed by atoms with Crippen LogP contribution in [0.4, 0.5) is 0 Å². The molecule has 0 spiro atoms. The lowest BCUT2D eigenvalue weighted by Gasteiger charge is -2.04. The summed E-state index contributed by atoms with van der Waals surface area (Å²) in [6.07, 6.45) is 2.43. The quantitative estimate of drug-likeness (QED) is 0.711. The largest absolute Gasteiger partial charge is 0.464 e. The first-order chi connectivity index (χ1) is 7.24. The number of hydrogen-bond donors (Lipinski definition) is 0. The van der Waals surface area contributed by atoms with E-state index in [4.69, 9.17) is 4.42 Å². The number of ketones is 1. The molecule has 0 N–H and O–H groups in total. The van der Waals surface area contributed by atoms with E-state index in [0.717, 1.165) is 17.4 Å². The zero-order valence-electron chi connectivity index (χ0n) is 8.99. The fraction of sp³-hybridized carbons (Fsp3) is 0.308. The lowest BCUT2D eigenvalue weighted by molar-refractivity contribution is 0.0928. The lowest BCUT2D eigenvalue weighted by Crippen LogP contribution is -2.09. The number of hydrogen-bond acceptors (Lipinski definition) is 2. The smallest absolute Gasteiger partial charge is 0.169 e. The molecule has 2 aromatic rings. The van der Waals surface area contributed by atoms with Crippen molar-refractivity contribution in [3.8, 4) is 0 Å². The van der Waals surface area contributed by atoms with Gasteiger partial charge in [-0.1, -0.05) is 32.0 Å². The van der Waals surface area contributed by atoms with Crippen LogP contribution in [0.15, 0.2) is 34.9 Å². The predicted octanol–water partition coefficient (Wildman–Crippen LogP) is 3.66. The van der Waals surface area contributed by atoms with E-state index in [1.807, 2.05) is 38.1 Å². The van der Waals surface area contributed by atoms with Crippen LogP contribution in [-0.2, 0) is 0 Å². The van der Waals surface area contributed by atoms with Crippen LogP contribution in [0.2, 0.25) is 0 Å². The number of rotatable bonds is 3. The van der Waals surface area contributed by atoms with Gasteiger partial charge in [0.2, 0.25) is 0 Å². The number of furan rings is 1. The minimum absolute atomic E-state index is 0.0611. The summed E-state index contributed by atoms with van der Waals surface area (Å²) in [5.74, 6) is 0.230. The second-order valence-electron chi connectivity index (χ2n) is 3.82. The number of benzene rings is 1.